The molecule has 79 heavy (non-hydrogen) atoms. The first kappa shape index (κ1) is 61.7. The van der Waals surface area contributed by atoms with Crippen molar-refractivity contribution >= 4 is 0 Å². The molecule has 0 radical (unpaired) electrons. The van der Waals surface area contributed by atoms with Crippen LogP contribution in [-0.4, -0.2) is 0 Å². The molecule has 0 spiro atoms. The summed E-state index contributed by atoms with van der Waals surface area (Å²) >= 11 is 0. The van der Waals surface area contributed by atoms with Gasteiger partial charge in [-0.1, -0.05) is 117 Å². The van der Waals surface area contributed by atoms with Crippen LogP contribution in [0.15, 0.2) is 146 Å². The molecular weight excluding hydrogens is 957 g/mol. The molecule has 4 nitrogen and oxygen atoms in total. The van der Waals surface area contributed by atoms with Gasteiger partial charge < -0.3 is 0 Å². The summed E-state index contributed by atoms with van der Waals surface area (Å²) in [6.45, 7) is 35.8. The van der Waals surface area contributed by atoms with E-state index < -0.39 is 0 Å². The fourth-order valence-corrected chi connectivity index (χ4v) is 12.1. The van der Waals surface area contributed by atoms with Crippen LogP contribution in [0.1, 0.15) is 173 Å². The lowest BCUT2D eigenvalue weighted by atomic mass is 9.85. The first-order valence-corrected chi connectivity index (χ1v) is 29.6. The second-order valence-corrected chi connectivity index (χ2v) is 25.4. The van der Waals surface area contributed by atoms with Crippen LogP contribution in [0.25, 0.3) is 45.0 Å². The highest BCUT2D eigenvalue weighted by Crippen LogP contribution is 2.37. The zero-order valence-corrected chi connectivity index (χ0v) is 52.7. The molecule has 4 heterocycles. The Morgan fingerprint density at radius 1 is 0.418 bits per heavy atom. The van der Waals surface area contributed by atoms with Crippen LogP contribution in [0.2, 0.25) is 0 Å². The van der Waals surface area contributed by atoms with Crippen molar-refractivity contribution in [2.45, 2.75) is 173 Å². The summed E-state index contributed by atoms with van der Waals surface area (Å²) in [7, 11) is 8.48. The van der Waals surface area contributed by atoms with E-state index in [1.165, 1.54) is 145 Å². The van der Waals surface area contributed by atoms with Crippen LogP contribution in [-0.2, 0) is 40.0 Å². The zero-order valence-electron chi connectivity index (χ0n) is 52.7. The Morgan fingerprint density at radius 2 is 0.785 bits per heavy atom. The van der Waals surface area contributed by atoms with E-state index >= 15 is 0 Å². The van der Waals surface area contributed by atoms with E-state index in [4.69, 9.17) is 0 Å². The van der Waals surface area contributed by atoms with Crippen molar-refractivity contribution in [3.8, 4) is 45.0 Å². The topological polar surface area (TPSA) is 15.5 Å². The fourth-order valence-electron chi connectivity index (χ4n) is 12.1. The van der Waals surface area contributed by atoms with E-state index in [0.29, 0.717) is 11.3 Å². The van der Waals surface area contributed by atoms with Crippen molar-refractivity contribution in [1.29, 1.82) is 0 Å². The van der Waals surface area contributed by atoms with Crippen molar-refractivity contribution in [3.63, 3.8) is 0 Å². The van der Waals surface area contributed by atoms with E-state index in [2.05, 4.69) is 303 Å². The Balaban J connectivity index is 0.000000170. The first-order chi connectivity index (χ1) is 37.3. The van der Waals surface area contributed by atoms with Gasteiger partial charge in [0.1, 0.15) is 28.2 Å². The van der Waals surface area contributed by atoms with Gasteiger partial charge in [-0.2, -0.15) is 0 Å². The first-order valence-electron chi connectivity index (χ1n) is 29.6. The lowest BCUT2D eigenvalue weighted by Crippen LogP contribution is -2.31. The molecule has 4 aromatic heterocycles. The molecule has 0 bridgehead atoms. The zero-order chi connectivity index (χ0) is 57.9. The van der Waals surface area contributed by atoms with Gasteiger partial charge in [-0.3, -0.25) is 0 Å². The van der Waals surface area contributed by atoms with E-state index in [1.807, 2.05) is 0 Å². The third-order valence-electron chi connectivity index (χ3n) is 16.5. The van der Waals surface area contributed by atoms with E-state index in [9.17, 15) is 0 Å². The van der Waals surface area contributed by atoms with Crippen LogP contribution in [0.4, 0.5) is 0 Å². The van der Waals surface area contributed by atoms with Gasteiger partial charge in [0, 0.05) is 68.8 Å². The Hall–Kier alpha value is -6.52. The molecule has 0 atom stereocenters. The molecule has 0 amide bonds. The summed E-state index contributed by atoms with van der Waals surface area (Å²) in [6, 6.07) is 45.0. The average Bonchev–Trinajstić information content (AvgIpc) is 3.94. The minimum atomic E-state index is 0.206. The van der Waals surface area contributed by atoms with Gasteiger partial charge in [-0.15, -0.1) is 0 Å². The van der Waals surface area contributed by atoms with Gasteiger partial charge in [-0.25, -0.2) is 18.3 Å². The maximum Gasteiger partial charge on any atom is 0.215 e. The van der Waals surface area contributed by atoms with Crippen molar-refractivity contribution in [3.05, 3.63) is 213 Å². The molecule has 0 aliphatic heterocycles. The molecule has 416 valence electrons. The van der Waals surface area contributed by atoms with Gasteiger partial charge in [0.2, 0.25) is 22.8 Å². The summed E-state index contributed by atoms with van der Waals surface area (Å²) in [4.78, 5) is 0. The summed E-state index contributed by atoms with van der Waals surface area (Å²) in [5.41, 5.74) is 27.8. The molecule has 9 rings (SSSR count). The molecule has 1 aliphatic carbocycles. The van der Waals surface area contributed by atoms with Crippen LogP contribution < -0.4 is 18.3 Å². The number of hydrogen-bond donors (Lipinski definition) is 0. The SMILES string of the molecule is CCC(CC)c1ccc(-c2c(C)ccc[n+]2C)c(C)c1.Cc1cc(C(C)(C)C)ccc1-c1c(C)ccc[n+]1C.Cc1cc(C2CCCC2)ccc1-c1c(C)ccc[n+]1C.Cc1cc(CC(C)(C)C)ccc1-c1c(C)ccc[n+]1C. The Kier molecular flexibility index (Phi) is 21.2. The van der Waals surface area contributed by atoms with E-state index in [1.54, 1.807) is 5.56 Å². The third kappa shape index (κ3) is 15.9. The maximum absolute atomic E-state index is 2.41. The van der Waals surface area contributed by atoms with Crippen molar-refractivity contribution in [2.24, 2.45) is 33.6 Å². The molecule has 0 N–H and O–H groups in total. The molecule has 4 aromatic carbocycles. The predicted octanol–water partition coefficient (Wildman–Crippen LogP) is 17.6. The Morgan fingerprint density at radius 3 is 1.13 bits per heavy atom. The number of rotatable bonds is 9. The largest absolute Gasteiger partial charge is 0.215 e. The van der Waals surface area contributed by atoms with Crippen molar-refractivity contribution < 1.29 is 18.3 Å². The molecule has 1 saturated carbocycles. The fraction of sp³-hybridized carbons (Fsp3) is 0.413. The van der Waals surface area contributed by atoms with Crippen molar-refractivity contribution in [2.75, 3.05) is 0 Å². The minimum Gasteiger partial charge on any atom is -0.201 e. The van der Waals surface area contributed by atoms with Gasteiger partial charge in [0.15, 0.2) is 24.8 Å². The molecule has 1 aliphatic rings. The van der Waals surface area contributed by atoms with Crippen LogP contribution >= 0.6 is 0 Å². The number of benzene rings is 4. The normalized spacial score (nSPS) is 12.6. The lowest BCUT2D eigenvalue weighted by molar-refractivity contribution is -0.660. The van der Waals surface area contributed by atoms with Crippen LogP contribution in [0, 0.1) is 60.8 Å². The Labute approximate surface area is 480 Å². The quantitative estimate of drug-likeness (QED) is 0.128. The Bertz CT molecular complexity index is 3150. The van der Waals surface area contributed by atoms with E-state index in [0.717, 1.165) is 12.3 Å². The second-order valence-electron chi connectivity index (χ2n) is 25.4. The smallest absolute Gasteiger partial charge is 0.201 e. The van der Waals surface area contributed by atoms with Gasteiger partial charge in [0.05, 0.1) is 0 Å². The van der Waals surface area contributed by atoms with Crippen LogP contribution in [0.5, 0.6) is 0 Å². The molecule has 1 fully saturated rings. The summed E-state index contributed by atoms with van der Waals surface area (Å²) in [6.07, 6.45) is 17.6. The average molecular weight is 1060 g/mol. The number of aromatic nitrogens is 4. The minimum absolute atomic E-state index is 0.206. The molecule has 8 aromatic rings. The summed E-state index contributed by atoms with van der Waals surface area (Å²) in [5.74, 6) is 1.49. The van der Waals surface area contributed by atoms with Crippen LogP contribution in [0.3, 0.4) is 0 Å². The lowest BCUT2D eigenvalue weighted by Gasteiger charge is -2.20. The monoisotopic (exact) mass is 1060 g/mol. The maximum atomic E-state index is 2.41. The van der Waals surface area contributed by atoms with Crippen molar-refractivity contribution in [1.82, 2.24) is 0 Å². The highest BCUT2D eigenvalue weighted by molar-refractivity contribution is 5.67. The molecular formula is C75H100N4+4. The number of hydrogen-bond acceptors (Lipinski definition) is 0. The molecule has 0 saturated heterocycles. The molecule has 0 unspecified atom stereocenters. The summed E-state index contributed by atoms with van der Waals surface area (Å²) < 4.78 is 8.86. The van der Waals surface area contributed by atoms with E-state index in [-0.39, 0.29) is 5.41 Å². The molecule has 4 heteroatoms. The number of aryl methyl sites for hydroxylation is 12. The third-order valence-corrected chi connectivity index (χ3v) is 16.5. The highest BCUT2D eigenvalue weighted by Gasteiger charge is 2.23. The second kappa shape index (κ2) is 27.1. The highest BCUT2D eigenvalue weighted by atomic mass is 14.9. The number of nitrogens with zero attached hydrogens (tertiary/aromatic N) is 4. The summed E-state index contributed by atoms with van der Waals surface area (Å²) in [5, 5.41) is 0. The van der Waals surface area contributed by atoms with Gasteiger partial charge >= 0.3 is 0 Å². The van der Waals surface area contributed by atoms with Gasteiger partial charge in [0.25, 0.3) is 0 Å². The predicted molar refractivity (Wildman–Crippen MR) is 337 cm³/mol. The van der Waals surface area contributed by atoms with Gasteiger partial charge in [-0.05, 0) is 203 Å². The number of pyridine rings is 4. The standard InChI is InChI=1S/C19H24N.2C19H26N.C18H24N/c1-14-7-6-12-20(3)19(14)18-11-10-17(13-15(18)2)16-8-4-5-9-16;1-14-8-7-11-20(6)18(14)17-10-9-16(12-15(17)2)13-19(3,4)5;1-6-16(7-2)17-10-11-18(15(4)13-17)19-14(3)9-8-12-20(19)5;1-13-8-7-11-19(6)17(13)16-10-9-15(12-14(16)2)18(3,4)5/h6-7,10-13,16H,4-5,8-9H2,1-3H3;7-12H,13H2,1-6H3;8-13,16H,6-7H2,1-5H3;7-12H,1-6H3/q4*+1.